The lowest BCUT2D eigenvalue weighted by Gasteiger charge is -1.96. The van der Waals surface area contributed by atoms with Crippen molar-refractivity contribution in [3.05, 3.63) is 24.1 Å². The van der Waals surface area contributed by atoms with Crippen molar-refractivity contribution in [3.8, 4) is 0 Å². The molecule has 0 atom stereocenters. The summed E-state index contributed by atoms with van der Waals surface area (Å²) in [5.74, 6) is -0.160. The van der Waals surface area contributed by atoms with Gasteiger partial charge in [-0.05, 0) is 12.0 Å². The molecule has 0 fully saturated rings. The molecule has 0 aromatic heterocycles. The highest BCUT2D eigenvalue weighted by Crippen LogP contribution is 2.08. The van der Waals surface area contributed by atoms with Gasteiger partial charge in [-0.3, -0.25) is 0 Å². The number of hydrogen-bond acceptors (Lipinski definition) is 1. The molecule has 66 valence electrons. The maximum Gasteiger partial charge on any atom is 0.104 e. The minimum atomic E-state index is -0.160. The van der Waals surface area contributed by atoms with Crippen LogP contribution in [0.5, 0.6) is 0 Å². The van der Waals surface area contributed by atoms with Crippen molar-refractivity contribution >= 4 is 0 Å². The monoisotopic (exact) mass is 159 g/mol. The third-order valence-corrected chi connectivity index (χ3v) is 1.13. The number of halogens is 1. The zero-order valence-corrected chi connectivity index (χ0v) is 7.65. The third kappa shape index (κ3) is 5.80. The van der Waals surface area contributed by atoms with E-state index in [9.17, 15) is 4.39 Å². The summed E-state index contributed by atoms with van der Waals surface area (Å²) in [5.41, 5.74) is 5.70. The van der Waals surface area contributed by atoms with Gasteiger partial charge < -0.3 is 5.73 Å². The highest BCUT2D eigenvalue weighted by Gasteiger charge is 1.95. The second-order valence-electron chi connectivity index (χ2n) is 1.69. The topological polar surface area (TPSA) is 26.0 Å². The molecule has 0 saturated carbocycles. The van der Waals surface area contributed by atoms with Crippen molar-refractivity contribution in [3.63, 3.8) is 0 Å². The van der Waals surface area contributed by atoms with Crippen LogP contribution in [0, 0.1) is 0 Å². The molecule has 0 aliphatic rings. The van der Waals surface area contributed by atoms with Crippen LogP contribution in [0.2, 0.25) is 0 Å². The van der Waals surface area contributed by atoms with E-state index < -0.39 is 0 Å². The third-order valence-electron chi connectivity index (χ3n) is 1.13. The molecule has 0 aliphatic carbocycles. The predicted molar refractivity (Wildman–Crippen MR) is 49.0 cm³/mol. The van der Waals surface area contributed by atoms with Crippen molar-refractivity contribution in [2.75, 3.05) is 6.54 Å². The Morgan fingerprint density at radius 3 is 2.09 bits per heavy atom. The molecule has 0 spiro atoms. The summed E-state index contributed by atoms with van der Waals surface area (Å²) in [7, 11) is 0. The van der Waals surface area contributed by atoms with Crippen LogP contribution in [0.3, 0.4) is 0 Å². The maximum absolute atomic E-state index is 12.5. The zero-order chi connectivity index (χ0) is 9.28. The van der Waals surface area contributed by atoms with Gasteiger partial charge in [0.1, 0.15) is 5.83 Å². The lowest BCUT2D eigenvalue weighted by Crippen LogP contribution is -2.02. The average molecular weight is 159 g/mol. The highest BCUT2D eigenvalue weighted by molar-refractivity contribution is 5.20. The fourth-order valence-corrected chi connectivity index (χ4v) is 0.532. The number of nitrogens with two attached hydrogens (primary N) is 1. The summed E-state index contributed by atoms with van der Waals surface area (Å²) >= 11 is 0. The summed E-state index contributed by atoms with van der Waals surface area (Å²) in [6.45, 7) is 9.41. The van der Waals surface area contributed by atoms with E-state index in [0.717, 1.165) is 0 Å². The minimum Gasteiger partial charge on any atom is -0.326 e. The minimum absolute atomic E-state index is 0.160. The molecule has 0 aromatic carbocycles. The lowest BCUT2D eigenvalue weighted by molar-refractivity contribution is 0.593. The average Bonchev–Trinajstić information content (AvgIpc) is 2.10. The second-order valence-corrected chi connectivity index (χ2v) is 1.69. The summed E-state index contributed by atoms with van der Waals surface area (Å²) in [4.78, 5) is 0. The van der Waals surface area contributed by atoms with Gasteiger partial charge in [-0.1, -0.05) is 33.4 Å². The molecule has 0 aliphatic heterocycles. The van der Waals surface area contributed by atoms with Gasteiger partial charge in [0.15, 0.2) is 0 Å². The van der Waals surface area contributed by atoms with E-state index >= 15 is 0 Å². The standard InChI is InChI=1S/C7H12FN.C2H6/c1-3-6(5-9)7(8)4-2;1-2/h3H,1,4-5,9H2,2H3;1-2H3/b7-6-;. The van der Waals surface area contributed by atoms with Crippen molar-refractivity contribution in [1.29, 1.82) is 0 Å². The molecule has 0 saturated heterocycles. The molecular weight excluding hydrogens is 141 g/mol. The van der Waals surface area contributed by atoms with E-state index in [1.807, 2.05) is 13.8 Å². The van der Waals surface area contributed by atoms with Crippen LogP contribution < -0.4 is 5.73 Å². The summed E-state index contributed by atoms with van der Waals surface area (Å²) in [6, 6.07) is 0. The van der Waals surface area contributed by atoms with Crippen molar-refractivity contribution in [2.24, 2.45) is 5.73 Å². The van der Waals surface area contributed by atoms with Crippen LogP contribution in [-0.4, -0.2) is 6.54 Å². The molecule has 0 radical (unpaired) electrons. The van der Waals surface area contributed by atoms with Gasteiger partial charge in [0.25, 0.3) is 0 Å². The van der Waals surface area contributed by atoms with E-state index in [0.29, 0.717) is 12.0 Å². The van der Waals surface area contributed by atoms with Crippen molar-refractivity contribution in [2.45, 2.75) is 27.2 Å². The van der Waals surface area contributed by atoms with Gasteiger partial charge in [0, 0.05) is 6.54 Å². The van der Waals surface area contributed by atoms with Crippen LogP contribution in [0.15, 0.2) is 24.1 Å². The fraction of sp³-hybridized carbons (Fsp3) is 0.556. The van der Waals surface area contributed by atoms with E-state index in [1.54, 1.807) is 6.92 Å². The Balaban J connectivity index is 0. The first-order valence-electron chi connectivity index (χ1n) is 3.96. The van der Waals surface area contributed by atoms with Crippen LogP contribution in [0.1, 0.15) is 27.2 Å². The molecule has 0 amide bonds. The Bertz CT molecular complexity index is 128. The van der Waals surface area contributed by atoms with Gasteiger partial charge in [0.2, 0.25) is 0 Å². The Morgan fingerprint density at radius 1 is 1.55 bits per heavy atom. The first-order chi connectivity index (χ1) is 5.26. The molecule has 0 aromatic rings. The molecule has 1 nitrogen and oxygen atoms in total. The molecule has 0 rings (SSSR count). The van der Waals surface area contributed by atoms with Crippen molar-refractivity contribution < 1.29 is 4.39 Å². The lowest BCUT2D eigenvalue weighted by atomic mass is 10.2. The van der Waals surface area contributed by atoms with Crippen LogP contribution in [-0.2, 0) is 0 Å². The Labute approximate surface area is 68.8 Å². The van der Waals surface area contributed by atoms with Crippen LogP contribution in [0.4, 0.5) is 4.39 Å². The molecule has 2 heteroatoms. The zero-order valence-electron chi connectivity index (χ0n) is 7.65. The molecular formula is C9H18FN. The summed E-state index contributed by atoms with van der Waals surface area (Å²) in [6.07, 6.45) is 1.86. The predicted octanol–water partition coefficient (Wildman–Crippen LogP) is 2.79. The smallest absolute Gasteiger partial charge is 0.104 e. The first kappa shape index (κ1) is 13.0. The number of allylic oxidation sites excluding steroid dienone is 1. The molecule has 0 heterocycles. The van der Waals surface area contributed by atoms with Crippen LogP contribution in [0.25, 0.3) is 0 Å². The highest BCUT2D eigenvalue weighted by atomic mass is 19.1. The van der Waals surface area contributed by atoms with Crippen molar-refractivity contribution in [1.82, 2.24) is 0 Å². The van der Waals surface area contributed by atoms with Gasteiger partial charge >= 0.3 is 0 Å². The van der Waals surface area contributed by atoms with Gasteiger partial charge in [-0.2, -0.15) is 0 Å². The Hall–Kier alpha value is -0.630. The first-order valence-corrected chi connectivity index (χ1v) is 3.96. The summed E-state index contributed by atoms with van der Waals surface area (Å²) < 4.78 is 12.5. The van der Waals surface area contributed by atoms with Gasteiger partial charge in [0.05, 0.1) is 0 Å². The maximum atomic E-state index is 12.5. The Kier molecular flexibility index (Phi) is 11.1. The van der Waals surface area contributed by atoms with Gasteiger partial charge in [-0.25, -0.2) is 4.39 Å². The summed E-state index contributed by atoms with van der Waals surface area (Å²) in [5, 5.41) is 0. The molecule has 0 unspecified atom stereocenters. The number of rotatable bonds is 3. The normalized spacial score (nSPS) is 11.0. The van der Waals surface area contributed by atoms with E-state index in [1.165, 1.54) is 6.08 Å². The SMILES string of the molecule is C=C/C(CN)=C(/F)CC.CC. The Morgan fingerprint density at radius 2 is 2.00 bits per heavy atom. The van der Waals surface area contributed by atoms with E-state index in [4.69, 9.17) is 5.73 Å². The van der Waals surface area contributed by atoms with Gasteiger partial charge in [-0.15, -0.1) is 0 Å². The molecule has 2 N–H and O–H groups in total. The quantitative estimate of drug-likeness (QED) is 0.629. The molecule has 11 heavy (non-hydrogen) atoms. The van der Waals surface area contributed by atoms with Crippen LogP contribution >= 0.6 is 0 Å². The molecule has 0 bridgehead atoms. The fourth-order valence-electron chi connectivity index (χ4n) is 0.532. The number of hydrogen-bond donors (Lipinski definition) is 1. The second kappa shape index (κ2) is 9.37. The van der Waals surface area contributed by atoms with E-state index in [-0.39, 0.29) is 12.4 Å². The largest absolute Gasteiger partial charge is 0.326 e. The van der Waals surface area contributed by atoms with E-state index in [2.05, 4.69) is 6.58 Å².